The number of hydrogen-bond donors (Lipinski definition) is 1. The maximum Gasteiger partial charge on any atom is 0.494 e. The molecular formula is C22H28BNO3. The van der Waals surface area contributed by atoms with Crippen molar-refractivity contribution in [2.45, 2.75) is 38.9 Å². The van der Waals surface area contributed by atoms with Crippen molar-refractivity contribution in [1.82, 2.24) is 0 Å². The fourth-order valence-electron chi connectivity index (χ4n) is 2.79. The average molecular weight is 365 g/mol. The monoisotopic (exact) mass is 365 g/mol. The van der Waals surface area contributed by atoms with Crippen molar-refractivity contribution in [2.24, 2.45) is 5.73 Å². The Morgan fingerprint density at radius 2 is 1.33 bits per heavy atom. The predicted octanol–water partition coefficient (Wildman–Crippen LogP) is 3.49. The molecule has 2 aromatic carbocycles. The summed E-state index contributed by atoms with van der Waals surface area (Å²) in [6, 6.07) is 16.2. The topological polar surface area (TPSA) is 53.7 Å². The minimum Gasteiger partial charge on any atom is -0.492 e. The molecule has 2 N–H and O–H groups in total. The second-order valence-electron chi connectivity index (χ2n) is 7.79. The zero-order valence-electron chi connectivity index (χ0n) is 16.6. The highest BCUT2D eigenvalue weighted by Crippen LogP contribution is 2.36. The van der Waals surface area contributed by atoms with Gasteiger partial charge in [0, 0.05) is 6.54 Å². The molecule has 0 radical (unpaired) electrons. The van der Waals surface area contributed by atoms with Crippen LogP contribution in [-0.2, 0) is 9.31 Å². The van der Waals surface area contributed by atoms with Gasteiger partial charge >= 0.3 is 7.12 Å². The maximum atomic E-state index is 6.10. The molecule has 0 aliphatic carbocycles. The molecule has 1 aliphatic rings. The molecular weight excluding hydrogens is 337 g/mol. The molecule has 1 fully saturated rings. The first-order valence-corrected chi connectivity index (χ1v) is 9.37. The van der Waals surface area contributed by atoms with Gasteiger partial charge in [-0.05, 0) is 56.4 Å². The first-order chi connectivity index (χ1) is 12.8. The molecule has 142 valence electrons. The quantitative estimate of drug-likeness (QED) is 0.629. The predicted molar refractivity (Wildman–Crippen MR) is 112 cm³/mol. The van der Waals surface area contributed by atoms with Gasteiger partial charge in [-0.2, -0.15) is 0 Å². The smallest absolute Gasteiger partial charge is 0.492 e. The largest absolute Gasteiger partial charge is 0.494 e. The van der Waals surface area contributed by atoms with Gasteiger partial charge < -0.3 is 19.8 Å². The van der Waals surface area contributed by atoms with Gasteiger partial charge in [0.25, 0.3) is 0 Å². The van der Waals surface area contributed by atoms with Crippen LogP contribution in [-0.4, -0.2) is 31.5 Å². The molecule has 0 aromatic heterocycles. The van der Waals surface area contributed by atoms with E-state index in [1.807, 2.05) is 24.3 Å². The van der Waals surface area contributed by atoms with Crippen LogP contribution in [0.2, 0.25) is 0 Å². The lowest BCUT2D eigenvalue weighted by Gasteiger charge is -2.32. The summed E-state index contributed by atoms with van der Waals surface area (Å²) in [5, 5.41) is 0. The number of rotatable bonds is 6. The van der Waals surface area contributed by atoms with Crippen LogP contribution in [0.25, 0.3) is 12.2 Å². The first-order valence-electron chi connectivity index (χ1n) is 9.37. The number of benzene rings is 2. The lowest BCUT2D eigenvalue weighted by atomic mass is 9.79. The zero-order chi connectivity index (χ0) is 19.5. The van der Waals surface area contributed by atoms with Crippen molar-refractivity contribution in [3.8, 4) is 5.75 Å². The summed E-state index contributed by atoms with van der Waals surface area (Å²) < 4.78 is 17.7. The third-order valence-corrected chi connectivity index (χ3v) is 5.20. The van der Waals surface area contributed by atoms with Crippen molar-refractivity contribution >= 4 is 24.7 Å². The SMILES string of the molecule is CC1(C)OB(c2ccc(/C=C/c3ccc(OCCN)cc3)cc2)OC1(C)C. The molecule has 0 amide bonds. The molecule has 1 aliphatic heterocycles. The fraction of sp³-hybridized carbons (Fsp3) is 0.364. The standard InChI is InChI=1S/C22H28BNO3/c1-21(2)22(3,4)27-23(26-21)19-11-7-17(8-12-19)5-6-18-9-13-20(14-10-18)25-16-15-24/h5-14H,15-16,24H2,1-4H3/b6-5+. The van der Waals surface area contributed by atoms with Gasteiger partial charge in [0.2, 0.25) is 0 Å². The Bertz CT molecular complexity index is 766. The van der Waals surface area contributed by atoms with Gasteiger partial charge in [0.1, 0.15) is 12.4 Å². The van der Waals surface area contributed by atoms with Crippen LogP contribution in [0.1, 0.15) is 38.8 Å². The fourth-order valence-corrected chi connectivity index (χ4v) is 2.79. The Morgan fingerprint density at radius 3 is 1.81 bits per heavy atom. The second-order valence-corrected chi connectivity index (χ2v) is 7.79. The van der Waals surface area contributed by atoms with E-state index >= 15 is 0 Å². The van der Waals surface area contributed by atoms with Gasteiger partial charge in [-0.15, -0.1) is 0 Å². The molecule has 0 unspecified atom stereocenters. The third-order valence-electron chi connectivity index (χ3n) is 5.20. The summed E-state index contributed by atoms with van der Waals surface area (Å²) >= 11 is 0. The van der Waals surface area contributed by atoms with Crippen LogP contribution in [0.5, 0.6) is 5.75 Å². The van der Waals surface area contributed by atoms with E-state index in [1.165, 1.54) is 0 Å². The summed E-state index contributed by atoms with van der Waals surface area (Å²) in [7, 11) is -0.325. The van der Waals surface area contributed by atoms with E-state index in [0.29, 0.717) is 13.2 Å². The highest BCUT2D eigenvalue weighted by Gasteiger charge is 2.51. The number of nitrogens with two attached hydrogens (primary N) is 1. The van der Waals surface area contributed by atoms with Crippen LogP contribution in [0.15, 0.2) is 48.5 Å². The lowest BCUT2D eigenvalue weighted by molar-refractivity contribution is 0.00578. The molecule has 0 bridgehead atoms. The average Bonchev–Trinajstić information content (AvgIpc) is 2.87. The zero-order valence-corrected chi connectivity index (χ0v) is 16.6. The van der Waals surface area contributed by atoms with E-state index < -0.39 is 0 Å². The van der Waals surface area contributed by atoms with Crippen molar-refractivity contribution < 1.29 is 14.0 Å². The molecule has 0 spiro atoms. The van der Waals surface area contributed by atoms with Gasteiger partial charge in [-0.1, -0.05) is 48.6 Å². The molecule has 1 heterocycles. The van der Waals surface area contributed by atoms with Gasteiger partial charge in [0.05, 0.1) is 11.2 Å². The summed E-state index contributed by atoms with van der Waals surface area (Å²) in [6.45, 7) is 9.31. The van der Waals surface area contributed by atoms with Gasteiger partial charge in [-0.3, -0.25) is 0 Å². The Labute approximate surface area is 162 Å². The highest BCUT2D eigenvalue weighted by molar-refractivity contribution is 6.62. The van der Waals surface area contributed by atoms with E-state index in [-0.39, 0.29) is 18.3 Å². The molecule has 3 rings (SSSR count). The van der Waals surface area contributed by atoms with E-state index in [0.717, 1.165) is 22.3 Å². The summed E-state index contributed by atoms with van der Waals surface area (Å²) in [4.78, 5) is 0. The number of hydrogen-bond acceptors (Lipinski definition) is 4. The Hall–Kier alpha value is -2.08. The van der Waals surface area contributed by atoms with Crippen molar-refractivity contribution in [3.63, 3.8) is 0 Å². The summed E-state index contributed by atoms with van der Waals surface area (Å²) in [5.74, 6) is 0.837. The number of ether oxygens (including phenoxy) is 1. The highest BCUT2D eigenvalue weighted by atomic mass is 16.7. The first kappa shape index (κ1) is 19.7. The van der Waals surface area contributed by atoms with Crippen LogP contribution in [0, 0.1) is 0 Å². The summed E-state index contributed by atoms with van der Waals surface area (Å²) in [5.41, 5.74) is 8.07. The molecule has 1 saturated heterocycles. The maximum absolute atomic E-state index is 6.10. The molecule has 27 heavy (non-hydrogen) atoms. The van der Waals surface area contributed by atoms with Crippen LogP contribution >= 0.6 is 0 Å². The van der Waals surface area contributed by atoms with Crippen LogP contribution < -0.4 is 15.9 Å². The Kier molecular flexibility index (Phi) is 5.75. The van der Waals surface area contributed by atoms with E-state index in [9.17, 15) is 0 Å². The normalized spacial score (nSPS) is 18.2. The van der Waals surface area contributed by atoms with Crippen molar-refractivity contribution in [1.29, 1.82) is 0 Å². The lowest BCUT2D eigenvalue weighted by Crippen LogP contribution is -2.41. The van der Waals surface area contributed by atoms with E-state index in [2.05, 4.69) is 64.1 Å². The van der Waals surface area contributed by atoms with Gasteiger partial charge in [-0.25, -0.2) is 0 Å². The Balaban J connectivity index is 1.63. The van der Waals surface area contributed by atoms with Crippen molar-refractivity contribution in [2.75, 3.05) is 13.2 Å². The third kappa shape index (κ3) is 4.61. The minimum absolute atomic E-state index is 0.323. The molecule has 0 saturated carbocycles. The van der Waals surface area contributed by atoms with Crippen LogP contribution in [0.3, 0.4) is 0 Å². The Morgan fingerprint density at radius 1 is 0.852 bits per heavy atom. The summed E-state index contributed by atoms with van der Waals surface area (Å²) in [6.07, 6.45) is 4.17. The molecule has 0 atom stereocenters. The van der Waals surface area contributed by atoms with Gasteiger partial charge in [0.15, 0.2) is 0 Å². The van der Waals surface area contributed by atoms with Crippen molar-refractivity contribution in [3.05, 3.63) is 59.7 Å². The minimum atomic E-state index is -0.325. The van der Waals surface area contributed by atoms with Crippen LogP contribution in [0.4, 0.5) is 0 Å². The molecule has 2 aromatic rings. The van der Waals surface area contributed by atoms with E-state index in [1.54, 1.807) is 0 Å². The second kappa shape index (κ2) is 7.89. The van der Waals surface area contributed by atoms with E-state index in [4.69, 9.17) is 19.8 Å². The molecule has 4 nitrogen and oxygen atoms in total. The molecule has 5 heteroatoms.